The summed E-state index contributed by atoms with van der Waals surface area (Å²) in [6.45, 7) is 4.98. The largest absolute Gasteiger partial charge is 0.444 e. The van der Waals surface area contributed by atoms with Crippen molar-refractivity contribution in [2.24, 2.45) is 7.05 Å². The number of hydrogen-bond donors (Lipinski definition) is 0. The Balaban J connectivity index is 2.42. The van der Waals surface area contributed by atoms with Crippen molar-refractivity contribution in [1.29, 1.82) is 0 Å². The first-order chi connectivity index (χ1) is 12.4. The van der Waals surface area contributed by atoms with Crippen LogP contribution in [0, 0.1) is 21.7 Å². The van der Waals surface area contributed by atoms with Crippen molar-refractivity contribution in [2.45, 2.75) is 32.9 Å². The highest BCUT2D eigenvalue weighted by atomic mass is 19.1. The van der Waals surface area contributed by atoms with Crippen molar-refractivity contribution in [2.75, 3.05) is 7.05 Å². The van der Waals surface area contributed by atoms with Gasteiger partial charge in [0.1, 0.15) is 22.8 Å². The molecule has 1 heterocycles. The molecule has 0 saturated heterocycles. The molecule has 0 spiro atoms. The molecule has 11 heteroatoms. The minimum absolute atomic E-state index is 0.104. The number of ether oxygens (including phenoxy) is 1. The Kier molecular flexibility index (Phi) is 5.43. The van der Waals surface area contributed by atoms with Crippen LogP contribution < -0.4 is 0 Å². The Morgan fingerprint density at radius 2 is 1.96 bits per heavy atom. The summed E-state index contributed by atoms with van der Waals surface area (Å²) in [5.74, 6) is -2.22. The maximum atomic E-state index is 14.5. The number of rotatable bonds is 4. The van der Waals surface area contributed by atoms with Crippen LogP contribution in [0.2, 0.25) is 0 Å². The van der Waals surface area contributed by atoms with Gasteiger partial charge >= 0.3 is 11.8 Å². The van der Waals surface area contributed by atoms with Crippen molar-refractivity contribution in [3.8, 4) is 11.3 Å². The minimum atomic E-state index is -1.23. The lowest BCUT2D eigenvalue weighted by molar-refractivity contribution is -0.387. The van der Waals surface area contributed by atoms with Crippen LogP contribution in [0.15, 0.2) is 12.1 Å². The molecule has 0 bridgehead atoms. The Morgan fingerprint density at radius 3 is 2.52 bits per heavy atom. The quantitative estimate of drug-likeness (QED) is 0.594. The van der Waals surface area contributed by atoms with E-state index in [9.17, 15) is 23.7 Å². The Bertz CT molecular complexity index is 892. The number of halogens is 2. The van der Waals surface area contributed by atoms with Gasteiger partial charge < -0.3 is 9.64 Å². The van der Waals surface area contributed by atoms with E-state index in [1.165, 1.54) is 19.0 Å². The third kappa shape index (κ3) is 4.74. The molecule has 2 aromatic rings. The summed E-state index contributed by atoms with van der Waals surface area (Å²) in [4.78, 5) is 24.3. The number of aromatic nitrogens is 3. The van der Waals surface area contributed by atoms with Crippen molar-refractivity contribution < 1.29 is 23.2 Å². The summed E-state index contributed by atoms with van der Waals surface area (Å²) in [5.41, 5.74) is -2.12. The smallest absolute Gasteiger partial charge is 0.410 e. The average Bonchev–Trinajstić information content (AvgIpc) is 2.87. The molecule has 0 N–H and O–H groups in total. The molecule has 146 valence electrons. The van der Waals surface area contributed by atoms with E-state index in [0.29, 0.717) is 6.07 Å². The van der Waals surface area contributed by atoms with Gasteiger partial charge in [-0.2, -0.15) is 19.4 Å². The molecule has 9 nitrogen and oxygen atoms in total. The molecule has 0 saturated carbocycles. The average molecular weight is 383 g/mol. The van der Waals surface area contributed by atoms with Crippen LogP contribution in [0.5, 0.6) is 0 Å². The Hall–Kier alpha value is -3.11. The van der Waals surface area contributed by atoms with Crippen LogP contribution in [-0.2, 0) is 18.3 Å². The summed E-state index contributed by atoms with van der Waals surface area (Å²) in [6.07, 6.45) is -0.648. The topological polar surface area (TPSA) is 103 Å². The molecule has 0 aliphatic heterocycles. The first kappa shape index (κ1) is 20.2. The zero-order valence-electron chi connectivity index (χ0n) is 15.5. The van der Waals surface area contributed by atoms with E-state index < -0.39 is 39.5 Å². The molecular formula is C16H19F2N5O4. The molecule has 0 aliphatic rings. The molecule has 2 rings (SSSR count). The predicted molar refractivity (Wildman–Crippen MR) is 90.7 cm³/mol. The lowest BCUT2D eigenvalue weighted by atomic mass is 10.1. The van der Waals surface area contributed by atoms with Gasteiger partial charge in [-0.1, -0.05) is 0 Å². The highest BCUT2D eigenvalue weighted by molar-refractivity contribution is 5.69. The number of nitrogens with zero attached hydrogens (tertiary/aromatic N) is 5. The van der Waals surface area contributed by atoms with Crippen molar-refractivity contribution in [3.63, 3.8) is 0 Å². The van der Waals surface area contributed by atoms with Gasteiger partial charge in [0.25, 0.3) is 0 Å². The molecule has 0 atom stereocenters. The van der Waals surface area contributed by atoms with Gasteiger partial charge in [0, 0.05) is 19.7 Å². The minimum Gasteiger partial charge on any atom is -0.444 e. The van der Waals surface area contributed by atoms with Crippen molar-refractivity contribution in [1.82, 2.24) is 19.9 Å². The molecule has 1 aromatic heterocycles. The van der Waals surface area contributed by atoms with E-state index in [2.05, 4.69) is 10.2 Å². The Labute approximate surface area is 153 Å². The molecule has 1 aromatic carbocycles. The fraction of sp³-hybridized carbons (Fsp3) is 0.438. The van der Waals surface area contributed by atoms with Gasteiger partial charge in [0.15, 0.2) is 0 Å². The van der Waals surface area contributed by atoms with Crippen LogP contribution in [0.4, 0.5) is 19.3 Å². The van der Waals surface area contributed by atoms with Gasteiger partial charge in [-0.3, -0.25) is 10.1 Å². The number of aryl methyl sites for hydroxylation is 1. The first-order valence-corrected chi connectivity index (χ1v) is 7.87. The lowest BCUT2D eigenvalue weighted by Crippen LogP contribution is -2.34. The van der Waals surface area contributed by atoms with Gasteiger partial charge in [0.2, 0.25) is 5.82 Å². The fourth-order valence-corrected chi connectivity index (χ4v) is 2.27. The molecular weight excluding hydrogens is 364 g/mol. The maximum Gasteiger partial charge on any atom is 0.410 e. The summed E-state index contributed by atoms with van der Waals surface area (Å²) >= 11 is 0. The molecule has 1 amide bonds. The number of amides is 1. The van der Waals surface area contributed by atoms with Crippen LogP contribution in [0.1, 0.15) is 26.5 Å². The predicted octanol–water partition coefficient (Wildman–Crippen LogP) is 3.04. The van der Waals surface area contributed by atoms with E-state index in [4.69, 9.17) is 4.74 Å². The summed E-state index contributed by atoms with van der Waals surface area (Å²) in [5, 5.41) is 19.0. The standard InChI is InChI=1S/C16H19F2N5O4/c1-16(2,3)27-15(24)21(4)8-11-14(20-22(5)19-11)10-6-9(17)7-12(13(10)18)23(25)26/h6-7H,8H2,1-5H3. The van der Waals surface area contributed by atoms with Crippen molar-refractivity contribution >= 4 is 11.8 Å². The van der Waals surface area contributed by atoms with Crippen LogP contribution in [0.25, 0.3) is 11.3 Å². The molecule has 0 radical (unpaired) electrons. The van der Waals surface area contributed by atoms with Gasteiger partial charge in [-0.05, 0) is 26.8 Å². The highest BCUT2D eigenvalue weighted by Gasteiger charge is 2.27. The van der Waals surface area contributed by atoms with Gasteiger partial charge in [0.05, 0.1) is 17.5 Å². The van der Waals surface area contributed by atoms with Crippen LogP contribution >= 0.6 is 0 Å². The fourth-order valence-electron chi connectivity index (χ4n) is 2.27. The molecule has 0 fully saturated rings. The summed E-state index contributed by atoms with van der Waals surface area (Å²) in [7, 11) is 2.89. The lowest BCUT2D eigenvalue weighted by Gasteiger charge is -2.24. The first-order valence-electron chi connectivity index (χ1n) is 7.87. The number of carbonyl (C=O) groups is 1. The highest BCUT2D eigenvalue weighted by Crippen LogP contribution is 2.31. The molecule has 27 heavy (non-hydrogen) atoms. The summed E-state index contributed by atoms with van der Waals surface area (Å²) < 4.78 is 33.5. The second kappa shape index (κ2) is 7.25. The van der Waals surface area contributed by atoms with E-state index in [0.717, 1.165) is 10.9 Å². The zero-order chi connectivity index (χ0) is 20.5. The number of nitro groups is 1. The van der Waals surface area contributed by atoms with Crippen LogP contribution in [-0.4, -0.2) is 43.6 Å². The summed E-state index contributed by atoms with van der Waals surface area (Å²) in [6, 6.07) is 1.28. The zero-order valence-corrected chi connectivity index (χ0v) is 15.5. The maximum absolute atomic E-state index is 14.5. The van der Waals surface area contributed by atoms with E-state index >= 15 is 0 Å². The number of benzene rings is 1. The van der Waals surface area contributed by atoms with Gasteiger partial charge in [-0.15, -0.1) is 0 Å². The monoisotopic (exact) mass is 383 g/mol. The van der Waals surface area contributed by atoms with E-state index in [1.54, 1.807) is 20.8 Å². The molecule has 0 unspecified atom stereocenters. The second-order valence-corrected chi connectivity index (χ2v) is 6.86. The van der Waals surface area contributed by atoms with Gasteiger partial charge in [-0.25, -0.2) is 9.18 Å². The third-order valence-electron chi connectivity index (χ3n) is 3.35. The third-order valence-corrected chi connectivity index (χ3v) is 3.35. The number of hydrogen-bond acceptors (Lipinski definition) is 6. The SMILES string of the molecule is CN(Cc1nn(C)nc1-c1cc(F)cc([N+](=O)[O-])c1F)C(=O)OC(C)(C)C. The molecule has 0 aliphatic carbocycles. The van der Waals surface area contributed by atoms with E-state index in [1.807, 2.05) is 0 Å². The number of carbonyl (C=O) groups excluding carboxylic acids is 1. The van der Waals surface area contributed by atoms with Crippen molar-refractivity contribution in [3.05, 3.63) is 39.6 Å². The second-order valence-electron chi connectivity index (χ2n) is 6.86. The Morgan fingerprint density at radius 1 is 1.33 bits per heavy atom. The number of nitro benzene ring substituents is 1. The van der Waals surface area contributed by atoms with Crippen LogP contribution in [0.3, 0.4) is 0 Å². The normalized spacial score (nSPS) is 11.4. The van der Waals surface area contributed by atoms with E-state index in [-0.39, 0.29) is 17.9 Å².